The summed E-state index contributed by atoms with van der Waals surface area (Å²) in [5, 5.41) is 1.12. The van der Waals surface area contributed by atoms with E-state index in [1.165, 1.54) is 14.2 Å². The van der Waals surface area contributed by atoms with E-state index in [4.69, 9.17) is 9.26 Å². The van der Waals surface area contributed by atoms with E-state index in [0.29, 0.717) is 10.6 Å². The molecule has 1 atom stereocenters. The van der Waals surface area contributed by atoms with Crippen molar-refractivity contribution in [2.75, 3.05) is 20.8 Å². The maximum atomic E-state index is 12.5. The van der Waals surface area contributed by atoms with Gasteiger partial charge in [0, 0.05) is 24.8 Å². The predicted octanol–water partition coefficient (Wildman–Crippen LogP) is 2.40. The van der Waals surface area contributed by atoms with Crippen molar-refractivity contribution >= 4 is 12.7 Å². The molecule has 1 aromatic carbocycles. The third-order valence-corrected chi connectivity index (χ3v) is 4.53. The molecule has 0 aliphatic heterocycles. The lowest BCUT2D eigenvalue weighted by molar-refractivity contribution is 0.228. The minimum absolute atomic E-state index is 0.236. The minimum atomic E-state index is -2.98. The van der Waals surface area contributed by atoms with E-state index in [1.54, 1.807) is 12.1 Å². The van der Waals surface area contributed by atoms with Gasteiger partial charge in [-0.1, -0.05) is 24.8 Å². The third kappa shape index (κ3) is 2.57. The highest BCUT2D eigenvalue weighted by atomic mass is 31.2. The van der Waals surface area contributed by atoms with Gasteiger partial charge in [0.15, 0.2) is 0 Å². The Morgan fingerprint density at radius 3 is 2.40 bits per heavy atom. The number of hydrogen-bond acceptors (Lipinski definition) is 3. The summed E-state index contributed by atoms with van der Waals surface area (Å²) in [6.07, 6.45) is 0. The Morgan fingerprint density at radius 1 is 1.33 bits per heavy atom. The van der Waals surface area contributed by atoms with E-state index < -0.39 is 7.37 Å². The third-order valence-electron chi connectivity index (χ3n) is 2.08. The Hall–Kier alpha value is -0.890. The average Bonchev–Trinajstić information content (AvgIpc) is 2.29. The molecule has 0 saturated carbocycles. The molecule has 1 rings (SSSR count). The number of ether oxygens (including phenoxy) is 1. The molecular formula is C11H15O3P. The highest BCUT2D eigenvalue weighted by Gasteiger charge is 2.27. The highest BCUT2D eigenvalue weighted by Crippen LogP contribution is 2.52. The van der Waals surface area contributed by atoms with E-state index in [2.05, 4.69) is 6.58 Å². The number of rotatable bonds is 5. The summed E-state index contributed by atoms with van der Waals surface area (Å²) in [4.78, 5) is 0. The van der Waals surface area contributed by atoms with Crippen LogP contribution in [0.3, 0.4) is 0 Å². The minimum Gasteiger partial charge on any atom is -0.380 e. The van der Waals surface area contributed by atoms with Gasteiger partial charge in [-0.25, -0.2) is 0 Å². The van der Waals surface area contributed by atoms with Crippen LogP contribution >= 0.6 is 7.37 Å². The SMILES string of the molecule is C=C(COC)P(=O)(OC)c1ccccc1. The zero-order chi connectivity index (χ0) is 11.3. The molecule has 0 radical (unpaired) electrons. The molecule has 82 valence electrons. The molecule has 0 spiro atoms. The molecule has 0 aromatic heterocycles. The van der Waals surface area contributed by atoms with Crippen LogP contribution < -0.4 is 5.30 Å². The molecule has 1 unspecified atom stereocenters. The number of benzene rings is 1. The summed E-state index contributed by atoms with van der Waals surface area (Å²) >= 11 is 0. The van der Waals surface area contributed by atoms with E-state index in [0.717, 1.165) is 0 Å². The predicted molar refractivity (Wildman–Crippen MR) is 61.7 cm³/mol. The van der Waals surface area contributed by atoms with Gasteiger partial charge in [0.05, 0.1) is 6.61 Å². The van der Waals surface area contributed by atoms with Crippen molar-refractivity contribution in [2.24, 2.45) is 0 Å². The Morgan fingerprint density at radius 2 is 1.93 bits per heavy atom. The molecule has 0 fully saturated rings. The normalized spacial score (nSPS) is 14.5. The van der Waals surface area contributed by atoms with E-state index in [9.17, 15) is 4.57 Å². The second-order valence-corrected chi connectivity index (χ2v) is 5.69. The van der Waals surface area contributed by atoms with Gasteiger partial charge >= 0.3 is 0 Å². The van der Waals surface area contributed by atoms with Crippen LogP contribution in [0.2, 0.25) is 0 Å². The van der Waals surface area contributed by atoms with Crippen molar-refractivity contribution in [3.8, 4) is 0 Å². The molecule has 0 heterocycles. The molecule has 15 heavy (non-hydrogen) atoms. The topological polar surface area (TPSA) is 35.5 Å². The molecule has 0 amide bonds. The van der Waals surface area contributed by atoms with Crippen LogP contribution in [0, 0.1) is 0 Å². The summed E-state index contributed by atoms with van der Waals surface area (Å²) in [6, 6.07) is 9.04. The molecule has 0 N–H and O–H groups in total. The van der Waals surface area contributed by atoms with Crippen LogP contribution in [0.5, 0.6) is 0 Å². The second kappa shape index (κ2) is 5.26. The summed E-state index contributed by atoms with van der Waals surface area (Å²) < 4.78 is 22.5. The van der Waals surface area contributed by atoms with Crippen LogP contribution in [-0.4, -0.2) is 20.8 Å². The Kier molecular flexibility index (Phi) is 4.28. The van der Waals surface area contributed by atoms with Crippen LogP contribution in [0.1, 0.15) is 0 Å². The standard InChI is InChI=1S/C11H15O3P/c1-10(9-13-2)15(12,14-3)11-7-5-4-6-8-11/h4-8H,1,9H2,2-3H3. The van der Waals surface area contributed by atoms with E-state index >= 15 is 0 Å². The zero-order valence-electron chi connectivity index (χ0n) is 8.97. The Balaban J connectivity index is 3.06. The van der Waals surface area contributed by atoms with Gasteiger partial charge < -0.3 is 9.26 Å². The smallest absolute Gasteiger partial charge is 0.258 e. The first-order valence-electron chi connectivity index (χ1n) is 4.54. The number of hydrogen-bond donors (Lipinski definition) is 0. The van der Waals surface area contributed by atoms with Crippen LogP contribution in [0.15, 0.2) is 42.2 Å². The summed E-state index contributed by atoms with van der Waals surface area (Å²) in [5.41, 5.74) is 0. The molecule has 4 heteroatoms. The second-order valence-electron chi connectivity index (χ2n) is 3.07. The van der Waals surface area contributed by atoms with Gasteiger partial charge in [0.2, 0.25) is 0 Å². The van der Waals surface area contributed by atoms with Crippen molar-refractivity contribution in [1.29, 1.82) is 0 Å². The molecular weight excluding hydrogens is 211 g/mol. The highest BCUT2D eigenvalue weighted by molar-refractivity contribution is 7.71. The van der Waals surface area contributed by atoms with E-state index in [1.807, 2.05) is 18.2 Å². The Labute approximate surface area is 90.2 Å². The first-order valence-corrected chi connectivity index (χ1v) is 6.16. The van der Waals surface area contributed by atoms with Gasteiger partial charge in [-0.3, -0.25) is 4.57 Å². The van der Waals surface area contributed by atoms with Crippen molar-refractivity contribution in [3.63, 3.8) is 0 Å². The maximum Gasteiger partial charge on any atom is 0.258 e. The number of methoxy groups -OCH3 is 1. The van der Waals surface area contributed by atoms with Gasteiger partial charge in [-0.2, -0.15) is 0 Å². The molecule has 3 nitrogen and oxygen atoms in total. The summed E-state index contributed by atoms with van der Waals surface area (Å²) in [7, 11) is -0.0165. The van der Waals surface area contributed by atoms with E-state index in [-0.39, 0.29) is 6.61 Å². The fourth-order valence-corrected chi connectivity index (χ4v) is 2.99. The van der Waals surface area contributed by atoms with Crippen molar-refractivity contribution in [1.82, 2.24) is 0 Å². The molecule has 0 saturated heterocycles. The average molecular weight is 226 g/mol. The lowest BCUT2D eigenvalue weighted by atomic mass is 10.4. The Bertz CT molecular complexity index is 373. The van der Waals surface area contributed by atoms with Crippen LogP contribution in [0.4, 0.5) is 0 Å². The van der Waals surface area contributed by atoms with Gasteiger partial charge in [-0.15, -0.1) is 0 Å². The summed E-state index contributed by atoms with van der Waals surface area (Å²) in [6.45, 7) is 3.99. The van der Waals surface area contributed by atoms with Crippen LogP contribution in [0.25, 0.3) is 0 Å². The van der Waals surface area contributed by atoms with Gasteiger partial charge in [-0.05, 0) is 12.1 Å². The zero-order valence-corrected chi connectivity index (χ0v) is 9.87. The molecule has 0 aliphatic rings. The first kappa shape index (κ1) is 12.2. The maximum absolute atomic E-state index is 12.5. The lowest BCUT2D eigenvalue weighted by Crippen LogP contribution is -2.09. The lowest BCUT2D eigenvalue weighted by Gasteiger charge is -2.18. The monoisotopic (exact) mass is 226 g/mol. The van der Waals surface area contributed by atoms with Crippen molar-refractivity contribution < 1.29 is 13.8 Å². The fraction of sp³-hybridized carbons (Fsp3) is 0.273. The molecule has 0 aliphatic carbocycles. The van der Waals surface area contributed by atoms with Crippen molar-refractivity contribution in [3.05, 3.63) is 42.2 Å². The van der Waals surface area contributed by atoms with Crippen LogP contribution in [-0.2, 0) is 13.8 Å². The molecule has 0 bridgehead atoms. The van der Waals surface area contributed by atoms with Gasteiger partial charge in [0.25, 0.3) is 7.37 Å². The quantitative estimate of drug-likeness (QED) is 0.723. The van der Waals surface area contributed by atoms with Gasteiger partial charge in [0.1, 0.15) is 0 Å². The largest absolute Gasteiger partial charge is 0.380 e. The van der Waals surface area contributed by atoms with Crippen molar-refractivity contribution in [2.45, 2.75) is 0 Å². The fourth-order valence-electron chi connectivity index (χ4n) is 1.29. The molecule has 1 aromatic rings. The first-order chi connectivity index (χ1) is 7.15. The summed E-state index contributed by atoms with van der Waals surface area (Å²) in [5.74, 6) is 0.